The third-order valence-electron chi connectivity index (χ3n) is 4.07. The number of hydrogen-bond donors (Lipinski definition) is 2. The predicted octanol–water partition coefficient (Wildman–Crippen LogP) is 3.16. The van der Waals surface area contributed by atoms with E-state index in [9.17, 15) is 4.79 Å². The Morgan fingerprint density at radius 3 is 2.38 bits per heavy atom. The van der Waals surface area contributed by atoms with E-state index in [-0.39, 0.29) is 17.4 Å². The van der Waals surface area contributed by atoms with Crippen LogP contribution in [0.5, 0.6) is 0 Å². The molecule has 2 rings (SSSR count). The van der Waals surface area contributed by atoms with Gasteiger partial charge in [0.15, 0.2) is 0 Å². The van der Waals surface area contributed by atoms with E-state index in [1.807, 2.05) is 6.92 Å². The van der Waals surface area contributed by atoms with Gasteiger partial charge < -0.3 is 10.6 Å². The van der Waals surface area contributed by atoms with Crippen molar-refractivity contribution in [1.29, 1.82) is 0 Å². The molecule has 0 aliphatic heterocycles. The molecule has 1 aromatic rings. The number of carbonyl (C=O) groups excluding carboxylic acids is 1. The van der Waals surface area contributed by atoms with Gasteiger partial charge in [-0.2, -0.15) is 0 Å². The summed E-state index contributed by atoms with van der Waals surface area (Å²) in [4.78, 5) is 11.9. The minimum absolute atomic E-state index is 0.0502. The quantitative estimate of drug-likeness (QED) is 0.844. The summed E-state index contributed by atoms with van der Waals surface area (Å²) >= 11 is 0. The maximum atomic E-state index is 11.9. The van der Waals surface area contributed by atoms with Crippen LogP contribution in [-0.2, 0) is 10.2 Å². The number of carbonyl (C=O) groups is 1. The molecule has 0 radical (unpaired) electrons. The first kappa shape index (κ1) is 16.0. The minimum Gasteiger partial charge on any atom is -0.348 e. The summed E-state index contributed by atoms with van der Waals surface area (Å²) < 4.78 is 0. The van der Waals surface area contributed by atoms with Gasteiger partial charge in [-0.3, -0.25) is 4.79 Å². The highest BCUT2D eigenvalue weighted by molar-refractivity contribution is 5.78. The maximum absolute atomic E-state index is 11.9. The van der Waals surface area contributed by atoms with Crippen LogP contribution in [0.15, 0.2) is 24.3 Å². The summed E-state index contributed by atoms with van der Waals surface area (Å²) in [6.07, 6.45) is 2.62. The highest BCUT2D eigenvalue weighted by Crippen LogP contribution is 2.27. The topological polar surface area (TPSA) is 41.1 Å². The van der Waals surface area contributed by atoms with E-state index >= 15 is 0 Å². The van der Waals surface area contributed by atoms with Gasteiger partial charge >= 0.3 is 0 Å². The van der Waals surface area contributed by atoms with Crippen LogP contribution in [0.1, 0.15) is 57.7 Å². The second-order valence-electron chi connectivity index (χ2n) is 7.24. The van der Waals surface area contributed by atoms with E-state index in [4.69, 9.17) is 0 Å². The van der Waals surface area contributed by atoms with Crippen molar-refractivity contribution in [3.63, 3.8) is 0 Å². The van der Waals surface area contributed by atoms with Crippen LogP contribution in [0.25, 0.3) is 0 Å². The van der Waals surface area contributed by atoms with Crippen LogP contribution in [0.2, 0.25) is 0 Å². The summed E-state index contributed by atoms with van der Waals surface area (Å²) in [5.74, 6) is 0.878. The molecule has 0 spiro atoms. The van der Waals surface area contributed by atoms with E-state index in [0.717, 1.165) is 18.0 Å². The fourth-order valence-electron chi connectivity index (χ4n) is 2.36. The number of rotatable bonds is 6. The van der Waals surface area contributed by atoms with E-state index in [1.54, 1.807) is 0 Å². The molecule has 0 saturated heterocycles. The average molecular weight is 288 g/mol. The van der Waals surface area contributed by atoms with Crippen LogP contribution in [-0.4, -0.2) is 19.0 Å². The lowest BCUT2D eigenvalue weighted by Crippen LogP contribution is -2.36. The zero-order valence-electron chi connectivity index (χ0n) is 13.7. The molecule has 1 atom stereocenters. The minimum atomic E-state index is 0.0502. The molecule has 2 N–H and O–H groups in total. The van der Waals surface area contributed by atoms with Gasteiger partial charge in [0.2, 0.25) is 5.91 Å². The number of hydrogen-bond acceptors (Lipinski definition) is 2. The Kier molecular flexibility index (Phi) is 5.04. The molecular weight excluding hydrogens is 260 g/mol. The Balaban J connectivity index is 1.81. The Morgan fingerprint density at radius 2 is 1.86 bits per heavy atom. The van der Waals surface area contributed by atoms with Gasteiger partial charge in [0, 0.05) is 0 Å². The fourth-order valence-corrected chi connectivity index (χ4v) is 2.36. The lowest BCUT2D eigenvalue weighted by atomic mass is 9.86. The summed E-state index contributed by atoms with van der Waals surface area (Å²) in [5.41, 5.74) is 2.63. The van der Waals surface area contributed by atoms with E-state index < -0.39 is 0 Å². The van der Waals surface area contributed by atoms with Gasteiger partial charge in [-0.1, -0.05) is 45.0 Å². The summed E-state index contributed by atoms with van der Waals surface area (Å²) in [5, 5.41) is 6.27. The van der Waals surface area contributed by atoms with Crippen molar-refractivity contribution in [2.24, 2.45) is 5.92 Å². The molecule has 1 fully saturated rings. The number of benzene rings is 1. The van der Waals surface area contributed by atoms with Crippen molar-refractivity contribution in [3.05, 3.63) is 35.4 Å². The molecular formula is C18H28N2O. The molecule has 1 aromatic carbocycles. The van der Waals surface area contributed by atoms with Gasteiger partial charge in [-0.25, -0.2) is 0 Å². The van der Waals surface area contributed by atoms with Gasteiger partial charge in [-0.05, 0) is 48.8 Å². The first-order valence-corrected chi connectivity index (χ1v) is 7.97. The summed E-state index contributed by atoms with van der Waals surface area (Å²) in [7, 11) is 0. The van der Waals surface area contributed by atoms with Crippen molar-refractivity contribution < 1.29 is 4.79 Å². The average Bonchev–Trinajstić information content (AvgIpc) is 3.22. The highest BCUT2D eigenvalue weighted by atomic mass is 16.1. The SMILES string of the molecule is CC(NC(=O)CNCC1CC1)c1ccc(C(C)(C)C)cc1. The van der Waals surface area contributed by atoms with Crippen molar-refractivity contribution >= 4 is 5.91 Å². The number of nitrogens with one attached hydrogen (secondary N) is 2. The first-order chi connectivity index (χ1) is 9.86. The third-order valence-corrected chi connectivity index (χ3v) is 4.07. The second-order valence-corrected chi connectivity index (χ2v) is 7.24. The Labute approximate surface area is 128 Å². The smallest absolute Gasteiger partial charge is 0.234 e. The predicted molar refractivity (Wildman–Crippen MR) is 87.3 cm³/mol. The molecule has 116 valence electrons. The van der Waals surface area contributed by atoms with Crippen LogP contribution < -0.4 is 10.6 Å². The van der Waals surface area contributed by atoms with Crippen molar-refractivity contribution in [3.8, 4) is 0 Å². The van der Waals surface area contributed by atoms with Gasteiger partial charge in [0.25, 0.3) is 0 Å². The first-order valence-electron chi connectivity index (χ1n) is 7.97. The zero-order chi connectivity index (χ0) is 15.5. The van der Waals surface area contributed by atoms with Crippen LogP contribution in [0.3, 0.4) is 0 Å². The summed E-state index contributed by atoms with van der Waals surface area (Å²) in [6, 6.07) is 8.59. The zero-order valence-corrected chi connectivity index (χ0v) is 13.7. The largest absolute Gasteiger partial charge is 0.348 e. The van der Waals surface area contributed by atoms with Crippen LogP contribution in [0, 0.1) is 5.92 Å². The van der Waals surface area contributed by atoms with Crippen molar-refractivity contribution in [1.82, 2.24) is 10.6 Å². The van der Waals surface area contributed by atoms with Gasteiger partial charge in [0.1, 0.15) is 0 Å². The monoisotopic (exact) mass is 288 g/mol. The lowest BCUT2D eigenvalue weighted by Gasteiger charge is -2.20. The maximum Gasteiger partial charge on any atom is 0.234 e. The molecule has 0 bridgehead atoms. The number of amides is 1. The molecule has 1 amide bonds. The molecule has 3 heteroatoms. The van der Waals surface area contributed by atoms with Crippen LogP contribution >= 0.6 is 0 Å². The van der Waals surface area contributed by atoms with Crippen LogP contribution in [0.4, 0.5) is 0 Å². The second kappa shape index (κ2) is 6.61. The molecule has 21 heavy (non-hydrogen) atoms. The third kappa shape index (κ3) is 5.16. The Morgan fingerprint density at radius 1 is 1.24 bits per heavy atom. The standard InChI is InChI=1S/C18H28N2O/c1-13(20-17(21)12-19-11-14-5-6-14)15-7-9-16(10-8-15)18(2,3)4/h7-10,13-14,19H,5-6,11-12H2,1-4H3,(H,20,21). The molecule has 1 unspecified atom stereocenters. The fraction of sp³-hybridized carbons (Fsp3) is 0.611. The Hall–Kier alpha value is -1.35. The lowest BCUT2D eigenvalue weighted by molar-refractivity contribution is -0.120. The highest BCUT2D eigenvalue weighted by Gasteiger charge is 2.20. The molecule has 1 saturated carbocycles. The van der Waals surface area contributed by atoms with E-state index in [1.165, 1.54) is 18.4 Å². The molecule has 1 aliphatic rings. The van der Waals surface area contributed by atoms with E-state index in [0.29, 0.717) is 6.54 Å². The molecule has 0 aromatic heterocycles. The normalized spacial score (nSPS) is 16.6. The molecule has 3 nitrogen and oxygen atoms in total. The summed E-state index contributed by atoms with van der Waals surface area (Å²) in [6.45, 7) is 10.0. The molecule has 1 aliphatic carbocycles. The van der Waals surface area contributed by atoms with Crippen molar-refractivity contribution in [2.75, 3.05) is 13.1 Å². The van der Waals surface area contributed by atoms with E-state index in [2.05, 4.69) is 55.7 Å². The van der Waals surface area contributed by atoms with Gasteiger partial charge in [-0.15, -0.1) is 0 Å². The molecule has 0 heterocycles. The van der Waals surface area contributed by atoms with Gasteiger partial charge in [0.05, 0.1) is 12.6 Å². The van der Waals surface area contributed by atoms with Crippen molar-refractivity contribution in [2.45, 2.75) is 52.0 Å². The Bertz CT molecular complexity index is 469.